The maximum Gasteiger partial charge on any atom is 0.307 e. The van der Waals surface area contributed by atoms with Crippen LogP contribution < -0.4 is 0 Å². The van der Waals surface area contributed by atoms with Gasteiger partial charge in [-0.25, -0.2) is 4.98 Å². The van der Waals surface area contributed by atoms with E-state index in [9.17, 15) is 4.79 Å². The number of aliphatic carboxylic acids is 1. The van der Waals surface area contributed by atoms with Gasteiger partial charge in [-0.15, -0.1) is 0 Å². The molecule has 0 aromatic carbocycles. The molecule has 0 saturated heterocycles. The molecule has 1 N–H and O–H groups in total. The number of fused-ring (bicyclic) bond motifs is 1. The summed E-state index contributed by atoms with van der Waals surface area (Å²) >= 11 is 0. The molecule has 0 aliphatic rings. The minimum Gasteiger partial charge on any atom is -0.481 e. The summed E-state index contributed by atoms with van der Waals surface area (Å²) in [6.45, 7) is 3.94. The largest absolute Gasteiger partial charge is 0.481 e. The molecule has 15 heavy (non-hydrogen) atoms. The van der Waals surface area contributed by atoms with Crippen molar-refractivity contribution < 1.29 is 9.90 Å². The Bertz CT molecular complexity index is 529. The van der Waals surface area contributed by atoms with E-state index in [2.05, 4.69) is 4.98 Å². The second-order valence-corrected chi connectivity index (χ2v) is 3.62. The van der Waals surface area contributed by atoms with Crippen molar-refractivity contribution in [3.8, 4) is 0 Å². The number of aromatic nitrogens is 2. The first kappa shape index (κ1) is 9.71. The highest BCUT2D eigenvalue weighted by Gasteiger charge is 2.06. The van der Waals surface area contributed by atoms with Crippen LogP contribution in [-0.4, -0.2) is 20.5 Å². The zero-order valence-corrected chi connectivity index (χ0v) is 8.69. The first-order valence-electron chi connectivity index (χ1n) is 4.74. The molecule has 0 atom stereocenters. The van der Waals surface area contributed by atoms with Crippen LogP contribution in [0.15, 0.2) is 18.3 Å². The van der Waals surface area contributed by atoms with Gasteiger partial charge in [0.05, 0.1) is 12.1 Å². The number of rotatable bonds is 2. The van der Waals surface area contributed by atoms with Crippen LogP contribution >= 0.6 is 0 Å². The smallest absolute Gasteiger partial charge is 0.307 e. The summed E-state index contributed by atoms with van der Waals surface area (Å²) in [7, 11) is 0. The summed E-state index contributed by atoms with van der Waals surface area (Å²) in [5, 5.41) is 8.67. The molecule has 0 radical (unpaired) electrons. The van der Waals surface area contributed by atoms with Crippen LogP contribution in [0.2, 0.25) is 0 Å². The lowest BCUT2D eigenvalue weighted by Crippen LogP contribution is -2.00. The van der Waals surface area contributed by atoms with Gasteiger partial charge in [0.1, 0.15) is 5.65 Å². The highest BCUT2D eigenvalue weighted by molar-refractivity contribution is 5.70. The van der Waals surface area contributed by atoms with E-state index >= 15 is 0 Å². The van der Waals surface area contributed by atoms with Gasteiger partial charge in [0.25, 0.3) is 0 Å². The molecule has 2 heterocycles. The first-order chi connectivity index (χ1) is 7.08. The van der Waals surface area contributed by atoms with Crippen LogP contribution in [0, 0.1) is 13.8 Å². The summed E-state index contributed by atoms with van der Waals surface area (Å²) in [4.78, 5) is 14.9. The maximum absolute atomic E-state index is 10.5. The van der Waals surface area contributed by atoms with Gasteiger partial charge >= 0.3 is 5.97 Å². The van der Waals surface area contributed by atoms with Crippen LogP contribution in [0.5, 0.6) is 0 Å². The molecule has 2 aromatic rings. The van der Waals surface area contributed by atoms with Gasteiger partial charge in [0.15, 0.2) is 0 Å². The third-order valence-electron chi connectivity index (χ3n) is 2.52. The summed E-state index contributed by atoms with van der Waals surface area (Å²) in [6, 6.07) is 3.63. The molecule has 0 bridgehead atoms. The van der Waals surface area contributed by atoms with Crippen molar-refractivity contribution >= 4 is 11.6 Å². The standard InChI is InChI=1S/C11H12N2O2/c1-7-8(2)13-4-3-9(6-11(14)15)5-10(13)12-7/h3-5H,6H2,1-2H3,(H,14,15). The Morgan fingerprint density at radius 2 is 2.27 bits per heavy atom. The Kier molecular flexibility index (Phi) is 2.19. The minimum absolute atomic E-state index is 0.0431. The molecule has 0 spiro atoms. The lowest BCUT2D eigenvalue weighted by molar-refractivity contribution is -0.136. The highest BCUT2D eigenvalue weighted by Crippen LogP contribution is 2.12. The predicted molar refractivity (Wildman–Crippen MR) is 56.0 cm³/mol. The van der Waals surface area contributed by atoms with Crippen molar-refractivity contribution in [3.63, 3.8) is 0 Å². The number of pyridine rings is 1. The number of hydrogen-bond acceptors (Lipinski definition) is 2. The van der Waals surface area contributed by atoms with Crippen molar-refractivity contribution in [1.82, 2.24) is 9.38 Å². The fraction of sp³-hybridized carbons (Fsp3) is 0.273. The summed E-state index contributed by atoms with van der Waals surface area (Å²) < 4.78 is 1.96. The van der Waals surface area contributed by atoms with Crippen molar-refractivity contribution in [2.45, 2.75) is 20.3 Å². The quantitative estimate of drug-likeness (QED) is 0.808. The van der Waals surface area contributed by atoms with Gasteiger partial charge in [-0.05, 0) is 31.5 Å². The fourth-order valence-corrected chi connectivity index (χ4v) is 1.61. The van der Waals surface area contributed by atoms with Crippen LogP contribution in [0.4, 0.5) is 0 Å². The minimum atomic E-state index is -0.820. The molecular formula is C11H12N2O2. The Hall–Kier alpha value is -1.84. The molecule has 4 nitrogen and oxygen atoms in total. The number of carboxylic acids is 1. The van der Waals surface area contributed by atoms with Gasteiger partial charge in [-0.1, -0.05) is 0 Å². The Morgan fingerprint density at radius 1 is 1.53 bits per heavy atom. The highest BCUT2D eigenvalue weighted by atomic mass is 16.4. The third kappa shape index (κ3) is 1.70. The number of imidazole rings is 1. The number of nitrogens with zero attached hydrogens (tertiary/aromatic N) is 2. The summed E-state index contributed by atoms with van der Waals surface area (Å²) in [5.74, 6) is -0.820. The molecule has 2 aromatic heterocycles. The average Bonchev–Trinajstić information content (AvgIpc) is 2.41. The molecular weight excluding hydrogens is 192 g/mol. The third-order valence-corrected chi connectivity index (χ3v) is 2.52. The van der Waals surface area contributed by atoms with Gasteiger partial charge in [-0.3, -0.25) is 4.79 Å². The number of carbonyl (C=O) groups is 1. The van der Waals surface area contributed by atoms with E-state index in [0.29, 0.717) is 0 Å². The zero-order valence-electron chi connectivity index (χ0n) is 8.69. The van der Waals surface area contributed by atoms with Crippen molar-refractivity contribution in [2.24, 2.45) is 0 Å². The number of hydrogen-bond donors (Lipinski definition) is 1. The molecule has 0 saturated carbocycles. The molecule has 4 heteroatoms. The van der Waals surface area contributed by atoms with Crippen LogP contribution in [0.1, 0.15) is 17.0 Å². The first-order valence-corrected chi connectivity index (χ1v) is 4.74. The second-order valence-electron chi connectivity index (χ2n) is 3.62. The molecule has 0 aliphatic carbocycles. The van der Waals surface area contributed by atoms with Gasteiger partial charge in [0, 0.05) is 11.9 Å². The summed E-state index contributed by atoms with van der Waals surface area (Å²) in [6.07, 6.45) is 1.91. The number of aryl methyl sites for hydroxylation is 2. The molecule has 0 fully saturated rings. The molecule has 0 aliphatic heterocycles. The zero-order chi connectivity index (χ0) is 11.0. The summed E-state index contributed by atoms with van der Waals surface area (Å²) in [5.41, 5.74) is 3.65. The van der Waals surface area contributed by atoms with E-state index < -0.39 is 5.97 Å². The second kappa shape index (κ2) is 3.38. The van der Waals surface area contributed by atoms with Gasteiger partial charge < -0.3 is 9.51 Å². The van der Waals surface area contributed by atoms with Gasteiger partial charge in [0.2, 0.25) is 0 Å². The van der Waals surface area contributed by atoms with Crippen LogP contribution in [0.25, 0.3) is 5.65 Å². The Morgan fingerprint density at radius 3 is 2.93 bits per heavy atom. The van der Waals surface area contributed by atoms with E-state index in [1.807, 2.05) is 36.6 Å². The van der Waals surface area contributed by atoms with E-state index in [-0.39, 0.29) is 6.42 Å². The van der Waals surface area contributed by atoms with E-state index in [1.165, 1.54) is 0 Å². The molecule has 0 amide bonds. The normalized spacial score (nSPS) is 10.8. The van der Waals surface area contributed by atoms with E-state index in [4.69, 9.17) is 5.11 Å². The van der Waals surface area contributed by atoms with Crippen LogP contribution in [-0.2, 0) is 11.2 Å². The lowest BCUT2D eigenvalue weighted by Gasteiger charge is -1.99. The van der Waals surface area contributed by atoms with Crippen LogP contribution in [0.3, 0.4) is 0 Å². The number of carboxylic acid groups (broad SMARTS) is 1. The maximum atomic E-state index is 10.5. The Labute approximate surface area is 87.2 Å². The Balaban J connectivity index is 2.52. The average molecular weight is 204 g/mol. The van der Waals surface area contributed by atoms with Crippen molar-refractivity contribution in [2.75, 3.05) is 0 Å². The molecule has 78 valence electrons. The predicted octanol–water partition coefficient (Wildman–Crippen LogP) is 1.58. The van der Waals surface area contributed by atoms with E-state index in [1.54, 1.807) is 0 Å². The molecule has 0 unspecified atom stereocenters. The lowest BCUT2D eigenvalue weighted by atomic mass is 10.2. The van der Waals surface area contributed by atoms with Crippen molar-refractivity contribution in [3.05, 3.63) is 35.3 Å². The molecule has 2 rings (SSSR count). The SMILES string of the molecule is Cc1nc2cc(CC(=O)O)ccn2c1C. The van der Waals surface area contributed by atoms with Gasteiger partial charge in [-0.2, -0.15) is 0 Å². The van der Waals surface area contributed by atoms with E-state index in [0.717, 1.165) is 22.6 Å². The monoisotopic (exact) mass is 204 g/mol. The fourth-order valence-electron chi connectivity index (χ4n) is 1.61. The topological polar surface area (TPSA) is 54.6 Å². The van der Waals surface area contributed by atoms with Crippen molar-refractivity contribution in [1.29, 1.82) is 0 Å².